The van der Waals surface area contributed by atoms with Gasteiger partial charge in [0.2, 0.25) is 11.8 Å². The van der Waals surface area contributed by atoms with E-state index in [9.17, 15) is 22.4 Å². The minimum absolute atomic E-state index is 0.0374. The van der Waals surface area contributed by atoms with E-state index in [0.29, 0.717) is 34.8 Å². The Morgan fingerprint density at radius 3 is 2.14 bits per heavy atom. The zero-order chi connectivity index (χ0) is 31.7. The van der Waals surface area contributed by atoms with Crippen molar-refractivity contribution in [3.8, 4) is 0 Å². The van der Waals surface area contributed by atoms with Crippen LogP contribution in [0.4, 0.5) is 10.1 Å². The maximum Gasteiger partial charge on any atom is 0.264 e. The number of sulfonamides is 1. The third kappa shape index (κ3) is 8.24. The van der Waals surface area contributed by atoms with Gasteiger partial charge in [-0.1, -0.05) is 79.2 Å². The zero-order valence-electron chi connectivity index (χ0n) is 24.6. The highest BCUT2D eigenvalue weighted by molar-refractivity contribution is 7.92. The van der Waals surface area contributed by atoms with E-state index >= 15 is 0 Å². The number of para-hydroxylation sites is 1. The molecule has 1 N–H and O–H groups in total. The van der Waals surface area contributed by atoms with Gasteiger partial charge in [0.05, 0.1) is 10.6 Å². The van der Waals surface area contributed by atoms with E-state index < -0.39 is 34.3 Å². The van der Waals surface area contributed by atoms with Crippen molar-refractivity contribution in [3.63, 3.8) is 0 Å². The number of nitrogens with zero attached hydrogens (tertiary/aromatic N) is 2. The molecule has 0 aromatic heterocycles. The molecule has 0 bridgehead atoms. The molecule has 1 atom stereocenters. The summed E-state index contributed by atoms with van der Waals surface area (Å²) in [4.78, 5) is 29.4. The summed E-state index contributed by atoms with van der Waals surface area (Å²) in [6.45, 7) is 3.47. The summed E-state index contributed by atoms with van der Waals surface area (Å²) in [5, 5.41) is 3.27. The number of hydrogen-bond donors (Lipinski definition) is 1. The topological polar surface area (TPSA) is 86.8 Å². The molecule has 0 aliphatic rings. The molecule has 10 heteroatoms. The first-order valence-electron chi connectivity index (χ1n) is 14.3. The lowest BCUT2D eigenvalue weighted by Crippen LogP contribution is -2.53. The number of hydrogen-bond acceptors (Lipinski definition) is 4. The fourth-order valence-electron chi connectivity index (χ4n) is 4.80. The van der Waals surface area contributed by atoms with Gasteiger partial charge in [0, 0.05) is 24.5 Å². The second-order valence-electron chi connectivity index (χ2n) is 10.4. The van der Waals surface area contributed by atoms with Crippen LogP contribution in [-0.2, 0) is 32.6 Å². The molecule has 44 heavy (non-hydrogen) atoms. The van der Waals surface area contributed by atoms with Crippen molar-refractivity contribution in [3.05, 3.63) is 131 Å². The fourth-order valence-corrected chi connectivity index (χ4v) is 6.40. The smallest absolute Gasteiger partial charge is 0.264 e. The first kappa shape index (κ1) is 32.7. The summed E-state index contributed by atoms with van der Waals surface area (Å²) in [5.41, 5.74) is 2.38. The Bertz CT molecular complexity index is 1670. The van der Waals surface area contributed by atoms with Gasteiger partial charge in [0.15, 0.2) is 0 Å². The number of rotatable bonds is 13. The zero-order valence-corrected chi connectivity index (χ0v) is 26.2. The van der Waals surface area contributed by atoms with Crippen LogP contribution >= 0.6 is 11.6 Å². The molecule has 0 heterocycles. The molecule has 0 saturated carbocycles. The highest BCUT2D eigenvalue weighted by atomic mass is 35.5. The third-order valence-electron chi connectivity index (χ3n) is 7.15. The number of halogens is 2. The van der Waals surface area contributed by atoms with E-state index in [2.05, 4.69) is 5.32 Å². The van der Waals surface area contributed by atoms with Crippen LogP contribution in [0.5, 0.6) is 0 Å². The van der Waals surface area contributed by atoms with Crippen LogP contribution in [0.15, 0.2) is 108 Å². The van der Waals surface area contributed by atoms with Crippen molar-refractivity contribution >= 4 is 39.1 Å². The molecule has 2 amide bonds. The molecule has 4 aromatic carbocycles. The first-order chi connectivity index (χ1) is 21.1. The van der Waals surface area contributed by atoms with Crippen molar-refractivity contribution in [2.24, 2.45) is 0 Å². The van der Waals surface area contributed by atoms with Crippen molar-refractivity contribution in [1.82, 2.24) is 10.2 Å². The molecule has 4 aromatic rings. The number of nitrogens with one attached hydrogen (secondary N) is 1. The molecule has 230 valence electrons. The quantitative estimate of drug-likeness (QED) is 0.191. The highest BCUT2D eigenvalue weighted by Gasteiger charge is 2.35. The van der Waals surface area contributed by atoms with Gasteiger partial charge in [-0.2, -0.15) is 0 Å². The molecule has 7 nitrogen and oxygen atoms in total. The predicted octanol–water partition coefficient (Wildman–Crippen LogP) is 6.15. The largest absolute Gasteiger partial charge is 0.354 e. The van der Waals surface area contributed by atoms with Crippen molar-refractivity contribution < 1.29 is 22.4 Å². The molecule has 0 radical (unpaired) electrons. The molecule has 0 aliphatic carbocycles. The second-order valence-corrected chi connectivity index (χ2v) is 12.7. The van der Waals surface area contributed by atoms with E-state index in [0.717, 1.165) is 9.87 Å². The van der Waals surface area contributed by atoms with Crippen molar-refractivity contribution in [2.75, 3.05) is 17.4 Å². The van der Waals surface area contributed by atoms with E-state index in [4.69, 9.17) is 11.6 Å². The normalized spacial score (nSPS) is 11.9. The minimum Gasteiger partial charge on any atom is -0.354 e. The molecule has 4 rings (SSSR count). The second kappa shape index (κ2) is 15.0. The molecule has 0 saturated heterocycles. The first-order valence-corrected chi connectivity index (χ1v) is 16.1. The number of benzene rings is 4. The summed E-state index contributed by atoms with van der Waals surface area (Å²) in [6, 6.07) is 26.6. The summed E-state index contributed by atoms with van der Waals surface area (Å²) in [6.07, 6.45) is 0.883. The Labute approximate surface area is 263 Å². The van der Waals surface area contributed by atoms with Gasteiger partial charge in [-0.15, -0.1) is 0 Å². The van der Waals surface area contributed by atoms with Gasteiger partial charge < -0.3 is 10.2 Å². The van der Waals surface area contributed by atoms with E-state index in [1.165, 1.54) is 41.3 Å². The number of carbonyl (C=O) groups excluding carboxylic acids is 2. The standard InChI is InChI=1S/C34H35ClFN3O4S/c1-3-21-37-34(41)32(22-26-10-5-4-6-11-26)38(23-27-13-17-29(36)18-14-27)33(40)24-39(31-12-8-7-9-25(31)2)44(42,43)30-19-15-28(35)16-20-30/h4-20,32H,3,21-24H2,1-2H3,(H,37,41)/t32-/m0/s1. The molecular formula is C34H35ClFN3O4S. The van der Waals surface area contributed by atoms with Gasteiger partial charge in [0.25, 0.3) is 10.0 Å². The number of carbonyl (C=O) groups is 2. The molecular weight excluding hydrogens is 601 g/mol. The summed E-state index contributed by atoms with van der Waals surface area (Å²) in [5.74, 6) is -1.40. The molecule has 0 fully saturated rings. The van der Waals surface area contributed by atoms with Crippen LogP contribution in [0.2, 0.25) is 5.02 Å². The predicted molar refractivity (Wildman–Crippen MR) is 171 cm³/mol. The molecule has 0 unspecified atom stereocenters. The maximum atomic E-state index is 14.4. The molecule has 0 spiro atoms. The van der Waals surface area contributed by atoms with Crippen LogP contribution in [-0.4, -0.2) is 44.3 Å². The van der Waals surface area contributed by atoms with Gasteiger partial charge >= 0.3 is 0 Å². The minimum atomic E-state index is -4.24. The van der Waals surface area contributed by atoms with Crippen LogP contribution in [0, 0.1) is 12.7 Å². The van der Waals surface area contributed by atoms with Crippen molar-refractivity contribution in [1.29, 1.82) is 0 Å². The Kier molecular flexibility index (Phi) is 11.1. The monoisotopic (exact) mass is 635 g/mol. The summed E-state index contributed by atoms with van der Waals surface area (Å²) >= 11 is 6.03. The van der Waals surface area contributed by atoms with E-state index in [1.807, 2.05) is 37.3 Å². The van der Waals surface area contributed by atoms with E-state index in [-0.39, 0.29) is 23.8 Å². The highest BCUT2D eigenvalue weighted by Crippen LogP contribution is 2.28. The average Bonchev–Trinajstić information content (AvgIpc) is 3.02. The third-order valence-corrected chi connectivity index (χ3v) is 9.18. The number of amides is 2. The van der Waals surface area contributed by atoms with Gasteiger partial charge in [-0.05, 0) is 72.5 Å². The summed E-state index contributed by atoms with van der Waals surface area (Å²) < 4.78 is 43.0. The SMILES string of the molecule is CCCNC(=O)[C@H](Cc1ccccc1)N(Cc1ccc(F)cc1)C(=O)CN(c1ccccc1C)S(=O)(=O)c1ccc(Cl)cc1. The fraction of sp³-hybridized carbons (Fsp3) is 0.235. The Balaban J connectivity index is 1.80. The number of aryl methyl sites for hydroxylation is 1. The maximum absolute atomic E-state index is 14.4. The van der Waals surface area contributed by atoms with Crippen LogP contribution in [0.25, 0.3) is 0 Å². The van der Waals surface area contributed by atoms with Crippen LogP contribution < -0.4 is 9.62 Å². The van der Waals surface area contributed by atoms with Crippen LogP contribution in [0.3, 0.4) is 0 Å². The Morgan fingerprint density at radius 2 is 1.50 bits per heavy atom. The van der Waals surface area contributed by atoms with Gasteiger partial charge in [-0.3, -0.25) is 13.9 Å². The Hall–Kier alpha value is -4.21. The number of anilines is 1. The van der Waals surface area contributed by atoms with Crippen molar-refractivity contribution in [2.45, 2.75) is 44.2 Å². The lowest BCUT2D eigenvalue weighted by atomic mass is 10.0. The summed E-state index contributed by atoms with van der Waals surface area (Å²) in [7, 11) is -4.24. The van der Waals surface area contributed by atoms with Gasteiger partial charge in [-0.25, -0.2) is 12.8 Å². The Morgan fingerprint density at radius 1 is 0.864 bits per heavy atom. The molecule has 0 aliphatic heterocycles. The van der Waals surface area contributed by atoms with Crippen LogP contribution in [0.1, 0.15) is 30.0 Å². The van der Waals surface area contributed by atoms with E-state index in [1.54, 1.807) is 43.3 Å². The lowest BCUT2D eigenvalue weighted by molar-refractivity contribution is -0.140. The van der Waals surface area contributed by atoms with Gasteiger partial charge in [0.1, 0.15) is 18.4 Å². The lowest BCUT2D eigenvalue weighted by Gasteiger charge is -2.34. The average molecular weight is 636 g/mol.